The van der Waals surface area contributed by atoms with E-state index >= 15 is 0 Å². The van der Waals surface area contributed by atoms with Crippen molar-refractivity contribution < 1.29 is 9.94 Å². The molecule has 27 heavy (non-hydrogen) atoms. The van der Waals surface area contributed by atoms with Crippen LogP contribution >= 0.6 is 0 Å². The summed E-state index contributed by atoms with van der Waals surface area (Å²) in [5.74, 6) is 1.61. The Morgan fingerprint density at radius 3 is 2.63 bits per heavy atom. The van der Waals surface area contributed by atoms with Gasteiger partial charge in [0.1, 0.15) is 11.3 Å². The molecular formula is C20H23N6O+. The predicted molar refractivity (Wildman–Crippen MR) is 102 cm³/mol. The minimum atomic E-state index is 0.460. The lowest BCUT2D eigenvalue weighted by Gasteiger charge is -2.39. The summed E-state index contributed by atoms with van der Waals surface area (Å²) in [4.78, 5) is 16.1. The molecule has 2 fully saturated rings. The van der Waals surface area contributed by atoms with Crippen LogP contribution in [-0.2, 0) is 0 Å². The van der Waals surface area contributed by atoms with Crippen LogP contribution < -0.4 is 14.9 Å². The Hall–Kier alpha value is -2.80. The minimum Gasteiger partial charge on any atom is -0.356 e. The van der Waals surface area contributed by atoms with Gasteiger partial charge in [-0.05, 0) is 43.4 Å². The van der Waals surface area contributed by atoms with E-state index in [4.69, 9.17) is 4.98 Å². The molecule has 3 aromatic heterocycles. The van der Waals surface area contributed by atoms with Gasteiger partial charge in [0.05, 0.1) is 5.39 Å². The van der Waals surface area contributed by atoms with E-state index in [9.17, 15) is 5.21 Å². The van der Waals surface area contributed by atoms with Crippen molar-refractivity contribution in [2.75, 3.05) is 31.1 Å². The minimum absolute atomic E-state index is 0.460. The van der Waals surface area contributed by atoms with Crippen LogP contribution in [0.2, 0.25) is 0 Å². The third-order valence-electron chi connectivity index (χ3n) is 6.00. The van der Waals surface area contributed by atoms with E-state index in [0.717, 1.165) is 53.2 Å². The van der Waals surface area contributed by atoms with Crippen LogP contribution in [0.15, 0.2) is 43.0 Å². The zero-order valence-electron chi connectivity index (χ0n) is 15.2. The van der Waals surface area contributed by atoms with Crippen molar-refractivity contribution in [1.82, 2.24) is 20.3 Å². The highest BCUT2D eigenvalue weighted by Crippen LogP contribution is 2.39. The normalized spacial score (nSPS) is 19.0. The Bertz CT molecular complexity index is 961. The molecule has 2 N–H and O–H groups in total. The van der Waals surface area contributed by atoms with Gasteiger partial charge in [-0.3, -0.25) is 10.2 Å². The molecule has 0 amide bonds. The Labute approximate surface area is 157 Å². The summed E-state index contributed by atoms with van der Waals surface area (Å²) in [5.41, 5.74) is 2.12. The maximum atomic E-state index is 9.86. The van der Waals surface area contributed by atoms with E-state index in [0.29, 0.717) is 11.2 Å². The van der Waals surface area contributed by atoms with Gasteiger partial charge in [0.15, 0.2) is 5.82 Å². The molecule has 0 aliphatic carbocycles. The lowest BCUT2D eigenvalue weighted by atomic mass is 9.78. The van der Waals surface area contributed by atoms with E-state index in [2.05, 4.69) is 20.2 Å². The molecule has 1 spiro atoms. The molecule has 3 aromatic rings. The van der Waals surface area contributed by atoms with E-state index in [1.54, 1.807) is 24.8 Å². The van der Waals surface area contributed by atoms with Crippen molar-refractivity contribution in [2.45, 2.75) is 19.3 Å². The molecule has 0 atom stereocenters. The third-order valence-corrected chi connectivity index (χ3v) is 6.00. The first-order valence-electron chi connectivity index (χ1n) is 9.51. The Morgan fingerprint density at radius 2 is 1.89 bits per heavy atom. The highest BCUT2D eigenvalue weighted by molar-refractivity contribution is 5.90. The van der Waals surface area contributed by atoms with Crippen LogP contribution in [0.4, 0.5) is 5.82 Å². The second-order valence-electron chi connectivity index (χ2n) is 7.64. The molecule has 2 saturated heterocycles. The fourth-order valence-electron chi connectivity index (χ4n) is 4.34. The van der Waals surface area contributed by atoms with Gasteiger partial charge < -0.3 is 10.2 Å². The molecule has 2 aliphatic rings. The number of hydrogen-bond donors (Lipinski definition) is 2. The zero-order chi connectivity index (χ0) is 18.3. The number of nitrogens with zero attached hydrogens (tertiary/aromatic N) is 5. The molecule has 7 heteroatoms. The molecule has 0 radical (unpaired) electrons. The van der Waals surface area contributed by atoms with Gasteiger partial charge >= 0.3 is 0 Å². The van der Waals surface area contributed by atoms with E-state index in [-0.39, 0.29) is 0 Å². The summed E-state index contributed by atoms with van der Waals surface area (Å²) >= 11 is 0. The molecule has 5 heterocycles. The monoisotopic (exact) mass is 363 g/mol. The van der Waals surface area contributed by atoms with Crippen molar-refractivity contribution in [3.63, 3.8) is 0 Å². The summed E-state index contributed by atoms with van der Waals surface area (Å²) in [6.45, 7) is 4.27. The van der Waals surface area contributed by atoms with Crippen LogP contribution in [0.3, 0.4) is 0 Å². The van der Waals surface area contributed by atoms with Crippen molar-refractivity contribution in [3.8, 4) is 11.4 Å². The number of nitrogens with one attached hydrogen (secondary N) is 1. The SMILES string of the molecule is O[n+]1ccc2c(N3CCC4(CCNC4)CC3)nc(-c3ccncc3)nc2c1. The number of aromatic nitrogens is 4. The van der Waals surface area contributed by atoms with Gasteiger partial charge in [-0.1, -0.05) is 0 Å². The molecule has 0 aromatic carbocycles. The van der Waals surface area contributed by atoms with Gasteiger partial charge in [0, 0.05) is 48.4 Å². The Morgan fingerprint density at radius 1 is 1.07 bits per heavy atom. The Balaban J connectivity index is 1.56. The molecule has 0 saturated carbocycles. The first-order valence-corrected chi connectivity index (χ1v) is 9.51. The lowest BCUT2D eigenvalue weighted by molar-refractivity contribution is -0.904. The standard InChI is InChI=1S/C20H23N6O/c27-26-10-3-16-17(13-26)23-18(15-1-7-21-8-2-15)24-19(16)25-11-5-20(6-12-25)4-9-22-14-20/h1-3,7-8,10,13,22,27H,4-6,9,11-12,14H2/q+1. The number of rotatable bonds is 2. The number of anilines is 1. The number of pyridine rings is 2. The molecule has 0 unspecified atom stereocenters. The highest BCUT2D eigenvalue weighted by Gasteiger charge is 2.37. The van der Waals surface area contributed by atoms with Crippen LogP contribution in [-0.4, -0.2) is 46.3 Å². The zero-order valence-corrected chi connectivity index (χ0v) is 15.2. The van der Waals surface area contributed by atoms with Crippen molar-refractivity contribution in [1.29, 1.82) is 0 Å². The quantitative estimate of drug-likeness (QED) is 0.534. The van der Waals surface area contributed by atoms with Gasteiger partial charge in [-0.25, -0.2) is 9.97 Å². The van der Waals surface area contributed by atoms with Crippen molar-refractivity contribution >= 4 is 16.7 Å². The molecular weight excluding hydrogens is 340 g/mol. The van der Waals surface area contributed by atoms with E-state index < -0.39 is 0 Å². The summed E-state index contributed by atoms with van der Waals surface area (Å²) in [6.07, 6.45) is 10.4. The van der Waals surface area contributed by atoms with E-state index in [1.807, 2.05) is 18.2 Å². The summed E-state index contributed by atoms with van der Waals surface area (Å²) in [7, 11) is 0. The van der Waals surface area contributed by atoms with Gasteiger partial charge in [0.25, 0.3) is 0 Å². The van der Waals surface area contributed by atoms with Gasteiger partial charge in [0.2, 0.25) is 12.4 Å². The number of piperidine rings is 1. The van der Waals surface area contributed by atoms with Crippen LogP contribution in [0, 0.1) is 5.41 Å². The molecule has 7 nitrogen and oxygen atoms in total. The lowest BCUT2D eigenvalue weighted by Crippen LogP contribution is -2.41. The average molecular weight is 363 g/mol. The predicted octanol–water partition coefficient (Wildman–Crippen LogP) is 1.80. The van der Waals surface area contributed by atoms with Crippen molar-refractivity contribution in [2.24, 2.45) is 5.41 Å². The van der Waals surface area contributed by atoms with Crippen LogP contribution in [0.25, 0.3) is 22.3 Å². The van der Waals surface area contributed by atoms with Crippen molar-refractivity contribution in [3.05, 3.63) is 43.0 Å². The molecule has 2 aliphatic heterocycles. The second-order valence-corrected chi connectivity index (χ2v) is 7.64. The Kier molecular flexibility index (Phi) is 3.89. The van der Waals surface area contributed by atoms with Crippen LogP contribution in [0.5, 0.6) is 0 Å². The van der Waals surface area contributed by atoms with Gasteiger partial charge in [-0.2, -0.15) is 0 Å². The maximum absolute atomic E-state index is 9.86. The summed E-state index contributed by atoms with van der Waals surface area (Å²) in [5, 5.41) is 14.4. The molecule has 5 rings (SSSR count). The van der Waals surface area contributed by atoms with Gasteiger partial charge in [-0.15, -0.1) is 0 Å². The summed E-state index contributed by atoms with van der Waals surface area (Å²) in [6, 6.07) is 5.72. The molecule has 0 bridgehead atoms. The average Bonchev–Trinajstić information content (AvgIpc) is 3.16. The number of hydrogen-bond acceptors (Lipinski definition) is 6. The number of fused-ring (bicyclic) bond motifs is 1. The second kappa shape index (κ2) is 6.42. The topological polar surface area (TPSA) is 78.0 Å². The van der Waals surface area contributed by atoms with Crippen LogP contribution in [0.1, 0.15) is 19.3 Å². The first-order chi connectivity index (χ1) is 13.2. The first kappa shape index (κ1) is 16.4. The summed E-state index contributed by atoms with van der Waals surface area (Å²) < 4.78 is 1.05. The smallest absolute Gasteiger partial charge is 0.248 e. The fourth-order valence-corrected chi connectivity index (χ4v) is 4.34. The third kappa shape index (κ3) is 2.98. The maximum Gasteiger partial charge on any atom is 0.248 e. The molecule has 138 valence electrons. The largest absolute Gasteiger partial charge is 0.356 e. The fraction of sp³-hybridized carbons (Fsp3) is 0.400. The highest BCUT2D eigenvalue weighted by atomic mass is 16.5. The van der Waals surface area contributed by atoms with E-state index in [1.165, 1.54) is 19.3 Å².